The maximum atomic E-state index is 15.0. The third-order valence-electron chi connectivity index (χ3n) is 5.02. The molecule has 0 radical (unpaired) electrons. The van der Waals surface area contributed by atoms with E-state index in [0.717, 1.165) is 11.6 Å². The Kier molecular flexibility index (Phi) is 6.76. The molecule has 0 bridgehead atoms. The Balaban J connectivity index is 1.65. The predicted octanol–water partition coefficient (Wildman–Crippen LogP) is 3.25. The van der Waals surface area contributed by atoms with Gasteiger partial charge in [0.15, 0.2) is 5.78 Å². The molecule has 4 rings (SSSR count). The van der Waals surface area contributed by atoms with E-state index in [9.17, 15) is 17.6 Å². The Morgan fingerprint density at radius 3 is 2.64 bits per heavy atom. The van der Waals surface area contributed by atoms with E-state index < -0.39 is 33.9 Å². The van der Waals surface area contributed by atoms with Crippen molar-refractivity contribution >= 4 is 27.7 Å². The number of rotatable bonds is 8. The van der Waals surface area contributed by atoms with Crippen LogP contribution in [0.5, 0.6) is 0 Å². The highest BCUT2D eigenvalue weighted by Crippen LogP contribution is 2.24. The molecular weight excluding hydrogens is 450 g/mol. The van der Waals surface area contributed by atoms with E-state index >= 15 is 4.39 Å². The molecule has 7 nitrogen and oxygen atoms in total. The molecule has 0 atom stereocenters. The zero-order chi connectivity index (χ0) is 23.4. The molecule has 1 N–H and O–H groups in total. The first-order chi connectivity index (χ1) is 15.9. The lowest BCUT2D eigenvalue weighted by atomic mass is 9.97. The minimum Gasteiger partial charge on any atom is -0.288 e. The lowest BCUT2D eigenvalue weighted by Crippen LogP contribution is -2.14. The molecule has 0 spiro atoms. The lowest BCUT2D eigenvalue weighted by molar-refractivity contribution is 0.103. The maximum Gasteiger partial charge on any atom is 0.201 e. The summed E-state index contributed by atoms with van der Waals surface area (Å²) < 4.78 is 52.8. The van der Waals surface area contributed by atoms with Crippen LogP contribution in [-0.2, 0) is 17.3 Å². The molecule has 168 valence electrons. The van der Waals surface area contributed by atoms with Crippen molar-refractivity contribution in [2.24, 2.45) is 0 Å². The van der Waals surface area contributed by atoms with E-state index in [-0.39, 0.29) is 24.1 Å². The van der Waals surface area contributed by atoms with Crippen LogP contribution >= 0.6 is 0 Å². The van der Waals surface area contributed by atoms with Crippen molar-refractivity contribution in [2.75, 3.05) is 6.54 Å². The number of thiol groups is 1. The molecule has 0 fully saturated rings. The van der Waals surface area contributed by atoms with Gasteiger partial charge >= 0.3 is 0 Å². The summed E-state index contributed by atoms with van der Waals surface area (Å²) in [6, 6.07) is 10.3. The molecule has 33 heavy (non-hydrogen) atoms. The molecule has 0 aliphatic carbocycles. The standard InChI is InChI=1S/C23H18F2N4O3S/c24-17-7-5-14(3-2-10-28-33(31)32)22(25)21(17)23(30)15-6-8-18-19(11-15)29-20(13-27-18)16-4-1-9-26-12-16/h1,4-9,11-13,33H,2-3,10H2,(H,28,31,32). The van der Waals surface area contributed by atoms with E-state index in [1.165, 1.54) is 18.2 Å². The fourth-order valence-electron chi connectivity index (χ4n) is 3.40. The first-order valence-electron chi connectivity index (χ1n) is 10.0. The number of nitrogens with one attached hydrogen (secondary N) is 1. The number of aromatic nitrogens is 3. The maximum absolute atomic E-state index is 15.0. The number of hydrogen-bond donors (Lipinski definition) is 2. The molecule has 0 aliphatic rings. The van der Waals surface area contributed by atoms with Gasteiger partial charge in [0.25, 0.3) is 0 Å². The van der Waals surface area contributed by atoms with Gasteiger partial charge < -0.3 is 0 Å². The van der Waals surface area contributed by atoms with Crippen LogP contribution in [0.3, 0.4) is 0 Å². The van der Waals surface area contributed by atoms with Gasteiger partial charge in [0.2, 0.25) is 10.9 Å². The third kappa shape index (κ3) is 5.07. The number of nitrogens with zero attached hydrogens (tertiary/aromatic N) is 3. The van der Waals surface area contributed by atoms with Crippen LogP contribution in [0.4, 0.5) is 8.78 Å². The zero-order valence-electron chi connectivity index (χ0n) is 17.2. The first kappa shape index (κ1) is 22.6. The normalized spacial score (nSPS) is 11.2. The second-order valence-electron chi connectivity index (χ2n) is 7.19. The summed E-state index contributed by atoms with van der Waals surface area (Å²) in [6.07, 6.45) is 5.28. The first-order valence-corrected chi connectivity index (χ1v) is 11.2. The Labute approximate surface area is 189 Å². The van der Waals surface area contributed by atoms with Gasteiger partial charge in [0.05, 0.1) is 28.5 Å². The highest BCUT2D eigenvalue weighted by Gasteiger charge is 2.22. The molecule has 0 unspecified atom stereocenters. The second-order valence-corrected chi connectivity index (χ2v) is 8.02. The minimum atomic E-state index is -2.75. The quantitative estimate of drug-likeness (QED) is 0.234. The number of hydrogen-bond acceptors (Lipinski definition) is 6. The summed E-state index contributed by atoms with van der Waals surface area (Å²) in [5, 5.41) is 0. The smallest absolute Gasteiger partial charge is 0.201 e. The molecule has 0 saturated heterocycles. The summed E-state index contributed by atoms with van der Waals surface area (Å²) in [7, 11) is -2.75. The van der Waals surface area contributed by atoms with Crippen molar-refractivity contribution in [3.8, 4) is 11.3 Å². The van der Waals surface area contributed by atoms with Crippen LogP contribution in [0.15, 0.2) is 61.1 Å². The Morgan fingerprint density at radius 1 is 1.03 bits per heavy atom. The highest BCUT2D eigenvalue weighted by atomic mass is 32.2. The number of aryl methyl sites for hydroxylation is 1. The SMILES string of the molecule is O=C(c1ccc2ncc(-c3cccnc3)nc2c1)c1c(F)ccc(CCCN[SH](=O)=O)c1F. The Morgan fingerprint density at radius 2 is 1.88 bits per heavy atom. The van der Waals surface area contributed by atoms with E-state index in [4.69, 9.17) is 0 Å². The molecule has 4 aromatic rings. The number of fused-ring (bicyclic) bond motifs is 1. The summed E-state index contributed by atoms with van der Waals surface area (Å²) in [6.45, 7) is 0.113. The van der Waals surface area contributed by atoms with E-state index in [1.54, 1.807) is 30.7 Å². The topological polar surface area (TPSA) is 102 Å². The zero-order valence-corrected chi connectivity index (χ0v) is 18.1. The van der Waals surface area contributed by atoms with Crippen molar-refractivity contribution in [3.63, 3.8) is 0 Å². The largest absolute Gasteiger partial charge is 0.288 e. The number of carbonyl (C=O) groups excluding carboxylic acids is 1. The molecule has 2 aromatic carbocycles. The fraction of sp³-hybridized carbons (Fsp3) is 0.130. The van der Waals surface area contributed by atoms with Crippen molar-refractivity contribution in [2.45, 2.75) is 12.8 Å². The second kappa shape index (κ2) is 9.88. The van der Waals surface area contributed by atoms with Gasteiger partial charge in [-0.05, 0) is 54.8 Å². The monoisotopic (exact) mass is 468 g/mol. The summed E-state index contributed by atoms with van der Waals surface area (Å²) in [4.78, 5) is 25.9. The molecule has 10 heteroatoms. The van der Waals surface area contributed by atoms with Crippen molar-refractivity contribution in [3.05, 3.63) is 89.4 Å². The van der Waals surface area contributed by atoms with Gasteiger partial charge in [0, 0.05) is 30.1 Å². The van der Waals surface area contributed by atoms with Gasteiger partial charge in [-0.2, -0.15) is 0 Å². The molecule has 0 saturated carbocycles. The summed E-state index contributed by atoms with van der Waals surface area (Å²) in [5.41, 5.74) is 1.75. The van der Waals surface area contributed by atoms with Gasteiger partial charge in [-0.15, -0.1) is 0 Å². The minimum absolute atomic E-state index is 0.0695. The summed E-state index contributed by atoms with van der Waals surface area (Å²) in [5.74, 6) is -2.75. The van der Waals surface area contributed by atoms with Crippen molar-refractivity contribution < 1.29 is 22.0 Å². The van der Waals surface area contributed by atoms with Gasteiger partial charge in [-0.25, -0.2) is 26.9 Å². The van der Waals surface area contributed by atoms with Crippen LogP contribution in [0.25, 0.3) is 22.3 Å². The fourth-order valence-corrected chi connectivity index (χ4v) is 3.74. The van der Waals surface area contributed by atoms with Crippen LogP contribution in [0, 0.1) is 11.6 Å². The van der Waals surface area contributed by atoms with Crippen LogP contribution in [0.2, 0.25) is 0 Å². The Hall–Kier alpha value is -3.63. The average Bonchev–Trinajstić information content (AvgIpc) is 2.82. The van der Waals surface area contributed by atoms with Gasteiger partial charge in [-0.1, -0.05) is 6.07 Å². The molecule has 2 aromatic heterocycles. The van der Waals surface area contributed by atoms with Gasteiger partial charge in [0.1, 0.15) is 11.6 Å². The van der Waals surface area contributed by atoms with E-state index in [1.807, 2.05) is 6.07 Å². The molecular formula is C23H18F2N4O3S. The average molecular weight is 468 g/mol. The van der Waals surface area contributed by atoms with Crippen LogP contribution in [0.1, 0.15) is 27.9 Å². The van der Waals surface area contributed by atoms with E-state index in [2.05, 4.69) is 19.7 Å². The molecule has 0 amide bonds. The van der Waals surface area contributed by atoms with Crippen molar-refractivity contribution in [1.82, 2.24) is 19.7 Å². The number of pyridine rings is 1. The highest BCUT2D eigenvalue weighted by molar-refractivity contribution is 7.70. The summed E-state index contributed by atoms with van der Waals surface area (Å²) >= 11 is 0. The number of halogens is 2. The predicted molar refractivity (Wildman–Crippen MR) is 119 cm³/mol. The number of carbonyl (C=O) groups is 1. The van der Waals surface area contributed by atoms with E-state index in [0.29, 0.717) is 23.1 Å². The van der Waals surface area contributed by atoms with Crippen LogP contribution in [-0.4, -0.2) is 35.7 Å². The van der Waals surface area contributed by atoms with Crippen LogP contribution < -0.4 is 4.72 Å². The number of benzene rings is 2. The Bertz CT molecular complexity index is 1400. The van der Waals surface area contributed by atoms with Crippen molar-refractivity contribution in [1.29, 1.82) is 0 Å². The van der Waals surface area contributed by atoms with Gasteiger partial charge in [-0.3, -0.25) is 14.8 Å². The molecule has 0 aliphatic heterocycles. The third-order valence-corrected chi connectivity index (χ3v) is 5.51. The number of ketones is 1. The molecule has 2 heterocycles. The lowest BCUT2D eigenvalue weighted by Gasteiger charge is -2.10.